The minimum absolute atomic E-state index is 0.0581. The summed E-state index contributed by atoms with van der Waals surface area (Å²) in [6, 6.07) is 11.2. The van der Waals surface area contributed by atoms with Gasteiger partial charge in [0.05, 0.1) is 4.90 Å². The van der Waals surface area contributed by atoms with Crippen molar-refractivity contribution in [3.8, 4) is 0 Å². The van der Waals surface area contributed by atoms with Gasteiger partial charge in [0.2, 0.25) is 0 Å². The van der Waals surface area contributed by atoms with Crippen LogP contribution in [0.25, 0.3) is 0 Å². The molecule has 1 amide bonds. The van der Waals surface area contributed by atoms with Gasteiger partial charge in [-0.3, -0.25) is 9.52 Å². The number of anilines is 1. The van der Waals surface area contributed by atoms with E-state index in [0.29, 0.717) is 17.1 Å². The van der Waals surface area contributed by atoms with E-state index >= 15 is 0 Å². The van der Waals surface area contributed by atoms with E-state index in [1.807, 2.05) is 19.1 Å². The topological polar surface area (TPSA) is 88.2 Å². The summed E-state index contributed by atoms with van der Waals surface area (Å²) >= 11 is 7.11. The molecular formula is C18H16ClN3O3S2. The average molecular weight is 422 g/mol. The second-order valence-corrected chi connectivity index (χ2v) is 8.73. The van der Waals surface area contributed by atoms with Crippen LogP contribution in [0.4, 0.5) is 5.13 Å². The Hall–Kier alpha value is -2.42. The van der Waals surface area contributed by atoms with Crippen LogP contribution in [0.3, 0.4) is 0 Å². The third-order valence-corrected chi connectivity index (χ3v) is 6.23. The van der Waals surface area contributed by atoms with Crippen LogP contribution in [0.15, 0.2) is 58.9 Å². The molecule has 2 aromatic carbocycles. The van der Waals surface area contributed by atoms with Gasteiger partial charge in [0.15, 0.2) is 5.13 Å². The molecule has 2 N–H and O–H groups in total. The third kappa shape index (κ3) is 4.85. The van der Waals surface area contributed by atoms with Crippen molar-refractivity contribution in [2.75, 3.05) is 4.72 Å². The van der Waals surface area contributed by atoms with Crippen LogP contribution < -0.4 is 10.0 Å². The number of rotatable bonds is 6. The summed E-state index contributed by atoms with van der Waals surface area (Å²) in [5.74, 6) is -0.291. The fraction of sp³-hybridized carbons (Fsp3) is 0.111. The van der Waals surface area contributed by atoms with Crippen LogP contribution in [0, 0.1) is 6.92 Å². The molecule has 3 rings (SSSR count). The number of nitrogens with one attached hydrogen (secondary N) is 2. The number of carbonyl (C=O) groups excluding carboxylic acids is 1. The van der Waals surface area contributed by atoms with Crippen molar-refractivity contribution < 1.29 is 13.2 Å². The van der Waals surface area contributed by atoms with E-state index in [2.05, 4.69) is 15.0 Å². The second kappa shape index (κ2) is 8.08. The zero-order valence-corrected chi connectivity index (χ0v) is 16.7. The molecule has 3 aromatic rings. The van der Waals surface area contributed by atoms with Gasteiger partial charge in [0.1, 0.15) is 0 Å². The van der Waals surface area contributed by atoms with Gasteiger partial charge >= 0.3 is 0 Å². The maximum atomic E-state index is 12.3. The van der Waals surface area contributed by atoms with Gasteiger partial charge in [-0.15, -0.1) is 11.3 Å². The molecular weight excluding hydrogens is 406 g/mol. The van der Waals surface area contributed by atoms with Crippen LogP contribution in [-0.2, 0) is 16.6 Å². The number of amides is 1. The largest absolute Gasteiger partial charge is 0.348 e. The second-order valence-electron chi connectivity index (χ2n) is 5.72. The number of halogens is 1. The van der Waals surface area contributed by atoms with Crippen molar-refractivity contribution in [2.45, 2.75) is 18.4 Å². The first-order valence-corrected chi connectivity index (χ1v) is 10.6. The van der Waals surface area contributed by atoms with Gasteiger partial charge in [-0.05, 0) is 54.4 Å². The van der Waals surface area contributed by atoms with Gasteiger partial charge in [0.25, 0.3) is 15.9 Å². The highest BCUT2D eigenvalue weighted by Gasteiger charge is 2.16. The van der Waals surface area contributed by atoms with Crippen molar-refractivity contribution in [3.63, 3.8) is 0 Å². The fourth-order valence-electron chi connectivity index (χ4n) is 2.37. The van der Waals surface area contributed by atoms with Crippen molar-refractivity contribution in [1.82, 2.24) is 10.3 Å². The number of sulfonamides is 1. The SMILES string of the molecule is Cc1cc(Cl)ccc1CNC(=O)c1ccc(S(=O)(=O)Nc2nccs2)cc1. The Kier molecular flexibility index (Phi) is 5.79. The molecule has 0 aliphatic carbocycles. The Balaban J connectivity index is 1.66. The molecule has 0 saturated heterocycles. The van der Waals surface area contributed by atoms with E-state index in [9.17, 15) is 13.2 Å². The molecule has 0 atom stereocenters. The molecule has 0 radical (unpaired) electrons. The molecule has 0 unspecified atom stereocenters. The Bertz CT molecular complexity index is 1050. The average Bonchev–Trinajstić information content (AvgIpc) is 3.13. The number of hydrogen-bond donors (Lipinski definition) is 2. The highest BCUT2D eigenvalue weighted by molar-refractivity contribution is 7.93. The summed E-state index contributed by atoms with van der Waals surface area (Å²) in [6.45, 7) is 2.27. The van der Waals surface area contributed by atoms with E-state index in [1.165, 1.54) is 41.8 Å². The van der Waals surface area contributed by atoms with Crippen LogP contribution in [-0.4, -0.2) is 19.3 Å². The molecule has 0 spiro atoms. The van der Waals surface area contributed by atoms with E-state index < -0.39 is 10.0 Å². The van der Waals surface area contributed by atoms with E-state index in [4.69, 9.17) is 11.6 Å². The summed E-state index contributed by atoms with van der Waals surface area (Å²) in [5, 5.41) is 5.42. The Morgan fingerprint density at radius 1 is 1.19 bits per heavy atom. The predicted molar refractivity (Wildman–Crippen MR) is 107 cm³/mol. The maximum absolute atomic E-state index is 12.3. The summed E-state index contributed by atoms with van der Waals surface area (Å²) in [4.78, 5) is 16.3. The number of aromatic nitrogens is 1. The van der Waals surface area contributed by atoms with Crippen molar-refractivity contribution in [1.29, 1.82) is 0 Å². The molecule has 0 saturated carbocycles. The predicted octanol–water partition coefficient (Wildman–Crippen LogP) is 3.84. The van der Waals surface area contributed by atoms with Gasteiger partial charge in [-0.25, -0.2) is 13.4 Å². The molecule has 9 heteroatoms. The number of carbonyl (C=O) groups is 1. The number of nitrogens with zero attached hydrogens (tertiary/aromatic N) is 1. The fourth-order valence-corrected chi connectivity index (χ4v) is 4.38. The van der Waals surface area contributed by atoms with Gasteiger partial charge < -0.3 is 5.32 Å². The van der Waals surface area contributed by atoms with E-state index in [-0.39, 0.29) is 15.9 Å². The molecule has 0 bridgehead atoms. The van der Waals surface area contributed by atoms with Crippen LogP contribution in [0.1, 0.15) is 21.5 Å². The van der Waals surface area contributed by atoms with Crippen LogP contribution >= 0.6 is 22.9 Å². The summed E-state index contributed by atoms with van der Waals surface area (Å²) in [6.07, 6.45) is 1.51. The number of hydrogen-bond acceptors (Lipinski definition) is 5. The third-order valence-electron chi connectivity index (χ3n) is 3.82. The van der Waals surface area contributed by atoms with Gasteiger partial charge in [0, 0.05) is 28.7 Å². The first-order valence-electron chi connectivity index (χ1n) is 7.91. The van der Waals surface area contributed by atoms with Crippen molar-refractivity contribution in [2.24, 2.45) is 0 Å². The number of benzene rings is 2. The van der Waals surface area contributed by atoms with Gasteiger partial charge in [-0.1, -0.05) is 17.7 Å². The molecule has 0 fully saturated rings. The smallest absolute Gasteiger partial charge is 0.263 e. The Labute approximate surface area is 166 Å². The maximum Gasteiger partial charge on any atom is 0.263 e. The highest BCUT2D eigenvalue weighted by atomic mass is 35.5. The van der Waals surface area contributed by atoms with Crippen LogP contribution in [0.2, 0.25) is 5.02 Å². The molecule has 27 heavy (non-hydrogen) atoms. The van der Waals surface area contributed by atoms with E-state index in [1.54, 1.807) is 11.4 Å². The highest BCUT2D eigenvalue weighted by Crippen LogP contribution is 2.19. The van der Waals surface area contributed by atoms with Crippen LogP contribution in [0.5, 0.6) is 0 Å². The molecule has 0 aliphatic heterocycles. The molecule has 1 aromatic heterocycles. The minimum atomic E-state index is -3.74. The molecule has 140 valence electrons. The first-order chi connectivity index (χ1) is 12.8. The zero-order chi connectivity index (χ0) is 19.4. The molecule has 0 aliphatic rings. The van der Waals surface area contributed by atoms with Gasteiger partial charge in [-0.2, -0.15) is 0 Å². The number of aryl methyl sites for hydroxylation is 1. The quantitative estimate of drug-likeness (QED) is 0.633. The lowest BCUT2D eigenvalue weighted by Crippen LogP contribution is -2.23. The van der Waals surface area contributed by atoms with E-state index in [0.717, 1.165) is 11.1 Å². The summed E-state index contributed by atoms with van der Waals surface area (Å²) < 4.78 is 27.0. The van der Waals surface area contributed by atoms with Crippen molar-refractivity contribution in [3.05, 3.63) is 75.8 Å². The summed E-state index contributed by atoms with van der Waals surface area (Å²) in [7, 11) is -3.74. The Morgan fingerprint density at radius 3 is 2.56 bits per heavy atom. The number of thiazole rings is 1. The standard InChI is InChI=1S/C18H16ClN3O3S2/c1-12-10-15(19)5-2-14(12)11-21-17(23)13-3-6-16(7-4-13)27(24,25)22-18-20-8-9-26-18/h2-10H,11H2,1H3,(H,20,22)(H,21,23). The Morgan fingerprint density at radius 2 is 1.93 bits per heavy atom. The lowest BCUT2D eigenvalue weighted by molar-refractivity contribution is 0.0951. The molecule has 1 heterocycles. The zero-order valence-electron chi connectivity index (χ0n) is 14.3. The lowest BCUT2D eigenvalue weighted by atomic mass is 10.1. The normalized spacial score (nSPS) is 11.2. The van der Waals surface area contributed by atoms with Crippen molar-refractivity contribution >= 4 is 44.0 Å². The summed E-state index contributed by atoms with van der Waals surface area (Å²) in [5.41, 5.74) is 2.31. The lowest BCUT2D eigenvalue weighted by Gasteiger charge is -2.09. The minimum Gasteiger partial charge on any atom is -0.348 e. The molecule has 6 nitrogen and oxygen atoms in total. The first kappa shape index (κ1) is 19.3. The monoisotopic (exact) mass is 421 g/mol.